The van der Waals surface area contributed by atoms with E-state index in [9.17, 15) is 14.4 Å². The van der Waals surface area contributed by atoms with Gasteiger partial charge in [-0.05, 0) is 48.5 Å². The summed E-state index contributed by atoms with van der Waals surface area (Å²) in [7, 11) is 0. The van der Waals surface area contributed by atoms with Crippen molar-refractivity contribution in [1.82, 2.24) is 0 Å². The number of benzene rings is 3. The van der Waals surface area contributed by atoms with Crippen LogP contribution in [0.4, 0.5) is 5.69 Å². The van der Waals surface area contributed by atoms with Crippen molar-refractivity contribution < 1.29 is 19.1 Å². The maximum atomic E-state index is 12.5. The molecule has 0 atom stereocenters. The van der Waals surface area contributed by atoms with Crippen molar-refractivity contribution in [1.29, 1.82) is 0 Å². The SMILES string of the molecule is NC(=O)CSc1ccccc1C(=O)OCC(=O)Nc1ccccc1Sc1ccc(Cl)cc1. The van der Waals surface area contributed by atoms with E-state index >= 15 is 0 Å². The largest absolute Gasteiger partial charge is 0.452 e. The fraction of sp³-hybridized carbons (Fsp3) is 0.0870. The van der Waals surface area contributed by atoms with E-state index in [1.165, 1.54) is 11.8 Å². The molecule has 0 aromatic heterocycles. The minimum absolute atomic E-state index is 0.0346. The zero-order chi connectivity index (χ0) is 22.9. The van der Waals surface area contributed by atoms with Gasteiger partial charge in [0, 0.05) is 19.7 Å². The second kappa shape index (κ2) is 11.6. The molecular weight excluding hydrogens is 468 g/mol. The Morgan fingerprint density at radius 1 is 0.906 bits per heavy atom. The van der Waals surface area contributed by atoms with Crippen LogP contribution in [-0.2, 0) is 14.3 Å². The number of primary amides is 1. The third-order valence-electron chi connectivity index (χ3n) is 4.01. The number of ether oxygens (including phenoxy) is 1. The van der Waals surface area contributed by atoms with Gasteiger partial charge in [-0.25, -0.2) is 4.79 Å². The van der Waals surface area contributed by atoms with Gasteiger partial charge in [0.05, 0.1) is 17.0 Å². The van der Waals surface area contributed by atoms with Crippen molar-refractivity contribution in [3.8, 4) is 0 Å². The van der Waals surface area contributed by atoms with Gasteiger partial charge in [0.25, 0.3) is 5.91 Å². The molecule has 0 aliphatic carbocycles. The number of esters is 1. The maximum absolute atomic E-state index is 12.5. The first-order chi connectivity index (χ1) is 15.4. The number of hydrogen-bond donors (Lipinski definition) is 2. The van der Waals surface area contributed by atoms with Crippen LogP contribution in [0.3, 0.4) is 0 Å². The lowest BCUT2D eigenvalue weighted by atomic mass is 10.2. The van der Waals surface area contributed by atoms with Gasteiger partial charge in [0.1, 0.15) is 0 Å². The van der Waals surface area contributed by atoms with Gasteiger partial charge in [-0.1, -0.05) is 47.6 Å². The summed E-state index contributed by atoms with van der Waals surface area (Å²) in [6.45, 7) is -0.451. The molecule has 0 radical (unpaired) electrons. The average Bonchev–Trinajstić information content (AvgIpc) is 2.79. The van der Waals surface area contributed by atoms with Crippen LogP contribution < -0.4 is 11.1 Å². The second-order valence-corrected chi connectivity index (χ2v) is 9.00. The number of nitrogens with two attached hydrogens (primary N) is 1. The number of nitrogens with one attached hydrogen (secondary N) is 1. The summed E-state index contributed by atoms with van der Waals surface area (Å²) in [5.41, 5.74) is 6.04. The molecule has 0 unspecified atom stereocenters. The van der Waals surface area contributed by atoms with Gasteiger partial charge >= 0.3 is 5.97 Å². The number of hydrogen-bond acceptors (Lipinski definition) is 6. The molecule has 0 bridgehead atoms. The lowest BCUT2D eigenvalue weighted by Gasteiger charge is -2.12. The summed E-state index contributed by atoms with van der Waals surface area (Å²) >= 11 is 8.54. The molecule has 3 aromatic rings. The van der Waals surface area contributed by atoms with Gasteiger partial charge in [0.15, 0.2) is 6.61 Å². The van der Waals surface area contributed by atoms with Crippen LogP contribution in [0.1, 0.15) is 10.4 Å². The molecule has 3 rings (SSSR count). The van der Waals surface area contributed by atoms with E-state index in [-0.39, 0.29) is 11.3 Å². The van der Waals surface area contributed by atoms with Gasteiger partial charge in [-0.2, -0.15) is 0 Å². The number of para-hydroxylation sites is 1. The Labute approximate surface area is 198 Å². The summed E-state index contributed by atoms with van der Waals surface area (Å²) in [5.74, 6) is -1.58. The highest BCUT2D eigenvalue weighted by Crippen LogP contribution is 2.33. The molecule has 0 aliphatic rings. The minimum Gasteiger partial charge on any atom is -0.452 e. The van der Waals surface area contributed by atoms with Crippen LogP contribution in [0.25, 0.3) is 0 Å². The van der Waals surface area contributed by atoms with Gasteiger partial charge < -0.3 is 15.8 Å². The van der Waals surface area contributed by atoms with Crippen LogP contribution in [0.5, 0.6) is 0 Å². The zero-order valence-corrected chi connectivity index (χ0v) is 19.1. The lowest BCUT2D eigenvalue weighted by molar-refractivity contribution is -0.119. The minimum atomic E-state index is -0.656. The lowest BCUT2D eigenvalue weighted by Crippen LogP contribution is -2.21. The van der Waals surface area contributed by atoms with Crippen LogP contribution >= 0.6 is 35.1 Å². The first-order valence-corrected chi connectivity index (χ1v) is 11.6. The predicted octanol–water partition coefficient (Wildman–Crippen LogP) is 4.86. The Hall–Kier alpha value is -2.94. The quantitative estimate of drug-likeness (QED) is 0.331. The fourth-order valence-electron chi connectivity index (χ4n) is 2.59. The second-order valence-electron chi connectivity index (χ2n) is 6.43. The fourth-order valence-corrected chi connectivity index (χ4v) is 4.40. The maximum Gasteiger partial charge on any atom is 0.339 e. The number of halogens is 1. The Bertz CT molecular complexity index is 1120. The number of thioether (sulfide) groups is 1. The van der Waals surface area contributed by atoms with Crippen molar-refractivity contribution in [2.75, 3.05) is 17.7 Å². The number of carbonyl (C=O) groups excluding carboxylic acids is 3. The van der Waals surface area contributed by atoms with E-state index in [2.05, 4.69) is 5.32 Å². The molecule has 164 valence electrons. The molecule has 0 saturated carbocycles. The monoisotopic (exact) mass is 486 g/mol. The Balaban J connectivity index is 1.60. The molecule has 0 saturated heterocycles. The molecule has 0 fully saturated rings. The van der Waals surface area contributed by atoms with E-state index in [0.717, 1.165) is 21.6 Å². The Morgan fingerprint density at radius 2 is 1.56 bits per heavy atom. The van der Waals surface area contributed by atoms with Crippen LogP contribution in [0.15, 0.2) is 87.5 Å². The molecule has 0 heterocycles. The van der Waals surface area contributed by atoms with Crippen LogP contribution in [-0.4, -0.2) is 30.1 Å². The van der Waals surface area contributed by atoms with Crippen LogP contribution in [0.2, 0.25) is 5.02 Å². The van der Waals surface area contributed by atoms with Crippen LogP contribution in [0, 0.1) is 0 Å². The molecule has 3 N–H and O–H groups in total. The normalized spacial score (nSPS) is 10.4. The predicted molar refractivity (Wildman–Crippen MR) is 127 cm³/mol. The molecule has 9 heteroatoms. The van der Waals surface area contributed by atoms with Gasteiger partial charge in [-0.15, -0.1) is 11.8 Å². The topological polar surface area (TPSA) is 98.5 Å². The molecule has 0 aliphatic heterocycles. The first kappa shape index (κ1) is 23.7. The number of amides is 2. The van der Waals surface area contributed by atoms with E-state index in [4.69, 9.17) is 22.1 Å². The summed E-state index contributed by atoms with van der Waals surface area (Å²) in [4.78, 5) is 38.3. The number of rotatable bonds is 9. The van der Waals surface area contributed by atoms with Crippen molar-refractivity contribution in [3.05, 3.63) is 83.4 Å². The summed E-state index contributed by atoms with van der Waals surface area (Å²) in [5, 5.41) is 3.42. The molecule has 2 amide bonds. The van der Waals surface area contributed by atoms with E-state index in [0.29, 0.717) is 15.6 Å². The average molecular weight is 487 g/mol. The highest BCUT2D eigenvalue weighted by molar-refractivity contribution is 8.00. The van der Waals surface area contributed by atoms with E-state index in [1.807, 2.05) is 24.3 Å². The van der Waals surface area contributed by atoms with Gasteiger partial charge in [-0.3, -0.25) is 9.59 Å². The van der Waals surface area contributed by atoms with Crippen molar-refractivity contribution in [2.45, 2.75) is 14.7 Å². The highest BCUT2D eigenvalue weighted by Gasteiger charge is 2.16. The summed E-state index contributed by atoms with van der Waals surface area (Å²) in [6.07, 6.45) is 0. The van der Waals surface area contributed by atoms with Crippen molar-refractivity contribution in [2.24, 2.45) is 5.73 Å². The molecule has 32 heavy (non-hydrogen) atoms. The Kier molecular flexibility index (Phi) is 8.61. The molecule has 6 nitrogen and oxygen atoms in total. The first-order valence-electron chi connectivity index (χ1n) is 9.42. The van der Waals surface area contributed by atoms with Crippen molar-refractivity contribution in [3.63, 3.8) is 0 Å². The van der Waals surface area contributed by atoms with E-state index < -0.39 is 24.4 Å². The number of carbonyl (C=O) groups is 3. The number of anilines is 1. The summed E-state index contributed by atoms with van der Waals surface area (Å²) in [6, 6.07) is 21.4. The third-order valence-corrected chi connectivity index (χ3v) is 6.45. The molecular formula is C23H19ClN2O4S2. The van der Waals surface area contributed by atoms with E-state index in [1.54, 1.807) is 48.5 Å². The standard InChI is InChI=1S/C23H19ClN2O4S2/c24-15-9-11-16(12-10-15)32-20-8-4-2-6-18(20)26-22(28)13-30-23(29)17-5-1-3-7-19(17)31-14-21(25)27/h1-12H,13-14H2,(H2,25,27)(H,26,28). The summed E-state index contributed by atoms with van der Waals surface area (Å²) < 4.78 is 5.18. The third kappa shape index (κ3) is 7.05. The van der Waals surface area contributed by atoms with Crippen molar-refractivity contribution >= 4 is 58.6 Å². The van der Waals surface area contributed by atoms with Gasteiger partial charge in [0.2, 0.25) is 5.91 Å². The Morgan fingerprint density at radius 3 is 2.28 bits per heavy atom. The molecule has 3 aromatic carbocycles. The highest BCUT2D eigenvalue weighted by atomic mass is 35.5. The molecule has 0 spiro atoms. The smallest absolute Gasteiger partial charge is 0.339 e. The zero-order valence-electron chi connectivity index (χ0n) is 16.7.